The van der Waals surface area contributed by atoms with E-state index in [-0.39, 0.29) is 41.8 Å². The lowest BCUT2D eigenvalue weighted by atomic mass is 9.53. The Hall–Kier alpha value is -2.59. The highest BCUT2D eigenvalue weighted by Gasteiger charge is 2.58. The second kappa shape index (κ2) is 10.4. The van der Waals surface area contributed by atoms with Gasteiger partial charge in [0.1, 0.15) is 11.6 Å². The Labute approximate surface area is 213 Å². The smallest absolute Gasteiger partial charge is 0.250 e. The zero-order valence-electron chi connectivity index (χ0n) is 20.0. The summed E-state index contributed by atoms with van der Waals surface area (Å²) in [6.07, 6.45) is 1.98. The molecule has 1 aliphatic heterocycles. The summed E-state index contributed by atoms with van der Waals surface area (Å²) >= 11 is 1.62. The number of carbonyl (C=O) groups excluding carboxylic acids is 2. The fourth-order valence-corrected chi connectivity index (χ4v) is 6.59. The first-order chi connectivity index (χ1) is 17.1. The molecule has 3 N–H and O–H groups in total. The van der Waals surface area contributed by atoms with Gasteiger partial charge in [-0.25, -0.2) is 18.6 Å². The average molecular weight is 517 g/mol. The summed E-state index contributed by atoms with van der Waals surface area (Å²) in [6, 6.07) is 12.4. The van der Waals surface area contributed by atoms with E-state index in [2.05, 4.69) is 29.9 Å². The SMILES string of the molecule is C=CC1(O)CC(C(=O)CC(=O)NO)(c2cc(F)c(CN3S[C@@H](c4ccccc4)CC[C@@H]3C)cc2F)C1. The van der Waals surface area contributed by atoms with Gasteiger partial charge in [-0.15, -0.1) is 6.58 Å². The van der Waals surface area contributed by atoms with Crippen molar-refractivity contribution in [2.45, 2.75) is 67.9 Å². The van der Waals surface area contributed by atoms with Crippen molar-refractivity contribution in [1.29, 1.82) is 0 Å². The van der Waals surface area contributed by atoms with Crippen LogP contribution in [0, 0.1) is 11.6 Å². The molecule has 6 nitrogen and oxygen atoms in total. The van der Waals surface area contributed by atoms with E-state index in [9.17, 15) is 14.7 Å². The molecule has 9 heteroatoms. The lowest BCUT2D eigenvalue weighted by Crippen LogP contribution is -2.58. The van der Waals surface area contributed by atoms with Gasteiger partial charge in [0.2, 0.25) is 0 Å². The van der Waals surface area contributed by atoms with Crippen molar-refractivity contribution in [3.8, 4) is 0 Å². The Balaban J connectivity index is 1.59. The zero-order chi connectivity index (χ0) is 26.1. The Kier molecular flexibility index (Phi) is 7.66. The highest BCUT2D eigenvalue weighted by atomic mass is 32.2. The number of nitrogens with one attached hydrogen (secondary N) is 1. The minimum atomic E-state index is -1.59. The van der Waals surface area contributed by atoms with Gasteiger partial charge >= 0.3 is 0 Å². The molecular weight excluding hydrogens is 486 g/mol. The predicted octanol–water partition coefficient (Wildman–Crippen LogP) is 4.75. The number of hydrogen-bond donors (Lipinski definition) is 3. The van der Waals surface area contributed by atoms with Crippen LogP contribution in [0.3, 0.4) is 0 Å². The molecule has 2 aliphatic rings. The van der Waals surface area contributed by atoms with Gasteiger partial charge in [-0.05, 0) is 50.3 Å². The normalized spacial score (nSPS) is 28.2. The number of carbonyl (C=O) groups is 2. The standard InChI is InChI=1S/C27H30F2N2O4S/c1-3-26(34)15-27(16-26,24(32)13-25(33)30-35)20-12-21(28)19(11-22(20)29)14-31-17(2)9-10-23(36-31)18-7-5-4-6-8-18/h3-8,11-12,17,23,34-35H,1,9-10,13-16H2,2H3,(H,30,33)/t17-,23+,26?,27?/m0/s1. The topological polar surface area (TPSA) is 89.9 Å². The Morgan fingerprint density at radius 1 is 1.19 bits per heavy atom. The van der Waals surface area contributed by atoms with Crippen molar-refractivity contribution in [2.24, 2.45) is 0 Å². The van der Waals surface area contributed by atoms with Crippen molar-refractivity contribution < 1.29 is 28.7 Å². The number of hydrogen-bond acceptors (Lipinski definition) is 6. The Morgan fingerprint density at radius 3 is 2.53 bits per heavy atom. The molecule has 2 aromatic carbocycles. The van der Waals surface area contributed by atoms with E-state index < -0.39 is 40.8 Å². The molecule has 2 atom stereocenters. The van der Waals surface area contributed by atoms with Crippen molar-refractivity contribution in [3.63, 3.8) is 0 Å². The largest absolute Gasteiger partial charge is 0.386 e. The van der Waals surface area contributed by atoms with Crippen molar-refractivity contribution in [2.75, 3.05) is 0 Å². The molecule has 0 spiro atoms. The Morgan fingerprint density at radius 2 is 1.89 bits per heavy atom. The number of rotatable bonds is 8. The third-order valence-electron chi connectivity index (χ3n) is 7.33. The van der Waals surface area contributed by atoms with Crippen LogP contribution in [-0.4, -0.2) is 38.0 Å². The van der Waals surface area contributed by atoms with Gasteiger partial charge in [-0.3, -0.25) is 14.8 Å². The zero-order valence-corrected chi connectivity index (χ0v) is 20.9. The molecule has 0 unspecified atom stereocenters. The first-order valence-corrected chi connectivity index (χ1v) is 12.7. The lowest BCUT2D eigenvalue weighted by molar-refractivity contribution is -0.144. The number of hydroxylamine groups is 1. The van der Waals surface area contributed by atoms with E-state index in [0.717, 1.165) is 25.0 Å². The van der Waals surface area contributed by atoms with Gasteiger partial charge in [-0.1, -0.05) is 48.4 Å². The van der Waals surface area contributed by atoms with Crippen LogP contribution < -0.4 is 5.48 Å². The van der Waals surface area contributed by atoms with Crippen LogP contribution in [0.4, 0.5) is 8.78 Å². The van der Waals surface area contributed by atoms with Gasteiger partial charge in [0.25, 0.3) is 5.91 Å². The monoisotopic (exact) mass is 516 g/mol. The highest BCUT2D eigenvalue weighted by Crippen LogP contribution is 2.53. The van der Waals surface area contributed by atoms with E-state index in [0.29, 0.717) is 0 Å². The molecule has 1 saturated carbocycles. The molecule has 4 rings (SSSR count). The number of nitrogens with zero attached hydrogens (tertiary/aromatic N) is 1. The number of halogens is 2. The summed E-state index contributed by atoms with van der Waals surface area (Å²) in [4.78, 5) is 24.6. The minimum absolute atomic E-state index is 0.163. The average Bonchev–Trinajstić information content (AvgIpc) is 2.85. The lowest BCUT2D eigenvalue weighted by Gasteiger charge is -2.51. The van der Waals surface area contributed by atoms with Gasteiger partial charge in [-0.2, -0.15) is 0 Å². The molecular formula is C27H30F2N2O4S. The van der Waals surface area contributed by atoms with Crippen LogP contribution in [-0.2, 0) is 21.5 Å². The van der Waals surface area contributed by atoms with E-state index in [4.69, 9.17) is 5.21 Å². The van der Waals surface area contributed by atoms with Gasteiger partial charge in [0.05, 0.1) is 17.4 Å². The number of aliphatic hydroxyl groups is 1. The summed E-state index contributed by atoms with van der Waals surface area (Å²) in [6.45, 7) is 5.79. The predicted molar refractivity (Wildman–Crippen MR) is 133 cm³/mol. The minimum Gasteiger partial charge on any atom is -0.386 e. The molecule has 2 fully saturated rings. The van der Waals surface area contributed by atoms with E-state index >= 15 is 8.78 Å². The molecule has 1 saturated heterocycles. The third kappa shape index (κ3) is 5.11. The number of amides is 1. The fraction of sp³-hybridized carbons (Fsp3) is 0.407. The van der Waals surface area contributed by atoms with Gasteiger partial charge < -0.3 is 5.11 Å². The highest BCUT2D eigenvalue weighted by molar-refractivity contribution is 7.97. The van der Waals surface area contributed by atoms with Crippen molar-refractivity contribution in [1.82, 2.24) is 9.79 Å². The van der Waals surface area contributed by atoms with Gasteiger partial charge in [0, 0.05) is 29.0 Å². The van der Waals surface area contributed by atoms with Gasteiger partial charge in [0.15, 0.2) is 5.78 Å². The summed E-state index contributed by atoms with van der Waals surface area (Å²) in [7, 11) is 0. The first kappa shape index (κ1) is 26.5. The first-order valence-electron chi connectivity index (χ1n) is 11.9. The third-order valence-corrected chi connectivity index (χ3v) is 8.85. The van der Waals surface area contributed by atoms with E-state index in [1.807, 2.05) is 18.2 Å². The summed E-state index contributed by atoms with van der Waals surface area (Å²) < 4.78 is 32.9. The van der Waals surface area contributed by atoms with Crippen LogP contribution in [0.15, 0.2) is 55.1 Å². The maximum atomic E-state index is 15.5. The van der Waals surface area contributed by atoms with Crippen LogP contribution in [0.2, 0.25) is 0 Å². The van der Waals surface area contributed by atoms with E-state index in [1.165, 1.54) is 17.1 Å². The molecule has 1 heterocycles. The number of benzene rings is 2. The molecule has 0 aromatic heterocycles. The van der Waals surface area contributed by atoms with Crippen LogP contribution in [0.1, 0.15) is 61.0 Å². The second-order valence-corrected chi connectivity index (χ2v) is 11.1. The number of Topliss-reactive ketones (excluding diaryl/α,β-unsaturated/α-hetero) is 1. The molecule has 36 heavy (non-hydrogen) atoms. The molecule has 0 radical (unpaired) electrons. The maximum Gasteiger partial charge on any atom is 0.250 e. The van der Waals surface area contributed by atoms with Crippen molar-refractivity contribution in [3.05, 3.63) is 83.4 Å². The number of ketones is 1. The Bertz CT molecular complexity index is 1150. The molecule has 1 amide bonds. The van der Waals surface area contributed by atoms with Crippen LogP contribution in [0.5, 0.6) is 0 Å². The molecule has 1 aliphatic carbocycles. The van der Waals surface area contributed by atoms with Crippen LogP contribution in [0.25, 0.3) is 0 Å². The van der Waals surface area contributed by atoms with E-state index in [1.54, 1.807) is 11.9 Å². The second-order valence-electron chi connectivity index (χ2n) is 9.81. The summed E-state index contributed by atoms with van der Waals surface area (Å²) in [5, 5.41) is 19.5. The molecule has 192 valence electrons. The van der Waals surface area contributed by atoms with Crippen LogP contribution >= 0.6 is 11.9 Å². The quantitative estimate of drug-likeness (QED) is 0.154. The maximum absolute atomic E-state index is 15.5. The summed E-state index contributed by atoms with van der Waals surface area (Å²) in [5.41, 5.74) is -0.488. The van der Waals surface area contributed by atoms with Crippen molar-refractivity contribution >= 4 is 23.6 Å². The molecule has 0 bridgehead atoms. The molecule has 2 aromatic rings. The fourth-order valence-electron chi connectivity index (χ4n) is 5.22. The summed E-state index contributed by atoms with van der Waals surface area (Å²) in [5.74, 6) is -3.11.